The van der Waals surface area contributed by atoms with Crippen molar-refractivity contribution in [3.63, 3.8) is 0 Å². The number of aryl methyl sites for hydroxylation is 1. The number of hydrogen-bond donors (Lipinski definition) is 1. The van der Waals surface area contributed by atoms with Gasteiger partial charge in [-0.1, -0.05) is 13.2 Å². The van der Waals surface area contributed by atoms with E-state index in [1.807, 2.05) is 4.72 Å². The molecule has 0 spiro atoms. The molecule has 0 bridgehead atoms. The minimum atomic E-state index is -4.48. The summed E-state index contributed by atoms with van der Waals surface area (Å²) in [7, 11) is 0. The molecule has 0 saturated carbocycles. The summed E-state index contributed by atoms with van der Waals surface area (Å²) < 4.78 is 48.4. The highest BCUT2D eigenvalue weighted by atomic mass is 32.2. The average molecular weight is 431 g/mol. The second-order valence-corrected chi connectivity index (χ2v) is 7.02. The Balaban J connectivity index is 2.86. The van der Waals surface area contributed by atoms with E-state index in [1.165, 1.54) is 32.0 Å². The van der Waals surface area contributed by atoms with Crippen molar-refractivity contribution < 1.29 is 37.0 Å². The number of carbonyl (C=O) groups excluding carboxylic acids is 3. The van der Waals surface area contributed by atoms with E-state index >= 15 is 0 Å². The fraction of sp³-hybridized carbons (Fsp3) is 0.316. The lowest BCUT2D eigenvalue weighted by atomic mass is 10.1. The summed E-state index contributed by atoms with van der Waals surface area (Å²) in [6.07, 6.45) is 0.0600. The molecule has 0 unspecified atom stereocenters. The standard InChI is InChI=1S/C19H20F3NO5S/c1-11(2)17(25)27-15-7-13(8-16(9-15)28-18(26)12(3)4)5-6-14(24)10-23-29-19(20,21)22/h7-9,23H,1,3,5-6,10H2,2,4H3. The van der Waals surface area contributed by atoms with E-state index in [-0.39, 0.29) is 35.5 Å². The highest BCUT2D eigenvalue weighted by Crippen LogP contribution is 2.27. The van der Waals surface area contributed by atoms with Crippen LogP contribution in [0.2, 0.25) is 0 Å². The van der Waals surface area contributed by atoms with Crippen LogP contribution in [0.5, 0.6) is 11.5 Å². The Kier molecular flexibility index (Phi) is 9.12. The van der Waals surface area contributed by atoms with Gasteiger partial charge in [0, 0.05) is 35.6 Å². The number of ketones is 1. The Morgan fingerprint density at radius 1 is 1.00 bits per heavy atom. The predicted molar refractivity (Wildman–Crippen MR) is 102 cm³/mol. The molecule has 158 valence electrons. The quantitative estimate of drug-likeness (QED) is 0.260. The Bertz CT molecular complexity index is 774. The number of alkyl halides is 3. The van der Waals surface area contributed by atoms with Crippen molar-refractivity contribution in [3.05, 3.63) is 48.1 Å². The number of esters is 2. The van der Waals surface area contributed by atoms with Crippen LogP contribution in [0.3, 0.4) is 0 Å². The van der Waals surface area contributed by atoms with Crippen molar-refractivity contribution >= 4 is 29.7 Å². The van der Waals surface area contributed by atoms with Gasteiger partial charge >= 0.3 is 17.4 Å². The highest BCUT2D eigenvalue weighted by Gasteiger charge is 2.28. The zero-order chi connectivity index (χ0) is 22.2. The minimum Gasteiger partial charge on any atom is -0.423 e. The maximum Gasteiger partial charge on any atom is 0.456 e. The Hall–Kier alpha value is -2.59. The molecule has 1 rings (SSSR count). The van der Waals surface area contributed by atoms with E-state index < -0.39 is 41.7 Å². The summed E-state index contributed by atoms with van der Waals surface area (Å²) in [6, 6.07) is 4.24. The van der Waals surface area contributed by atoms with Crippen molar-refractivity contribution in [3.8, 4) is 11.5 Å². The molecular formula is C19H20F3NO5S. The molecule has 1 aromatic rings. The van der Waals surface area contributed by atoms with E-state index in [4.69, 9.17) is 9.47 Å². The maximum absolute atomic E-state index is 12.1. The van der Waals surface area contributed by atoms with Crippen LogP contribution in [0, 0.1) is 0 Å². The van der Waals surface area contributed by atoms with Gasteiger partial charge in [0.05, 0.1) is 6.54 Å². The zero-order valence-corrected chi connectivity index (χ0v) is 16.7. The van der Waals surface area contributed by atoms with Gasteiger partial charge in [-0.25, -0.2) is 14.3 Å². The first kappa shape index (κ1) is 24.4. The molecule has 1 N–H and O–H groups in total. The molecule has 0 aliphatic rings. The first-order valence-corrected chi connectivity index (χ1v) is 9.07. The van der Waals surface area contributed by atoms with Crippen LogP contribution in [0.25, 0.3) is 0 Å². The fourth-order valence-corrected chi connectivity index (χ4v) is 2.25. The first-order chi connectivity index (χ1) is 13.4. The van der Waals surface area contributed by atoms with Gasteiger partial charge in [0.25, 0.3) is 0 Å². The third-order valence-electron chi connectivity index (χ3n) is 3.21. The molecule has 1 aromatic carbocycles. The molecule has 29 heavy (non-hydrogen) atoms. The van der Waals surface area contributed by atoms with E-state index in [9.17, 15) is 27.6 Å². The smallest absolute Gasteiger partial charge is 0.423 e. The van der Waals surface area contributed by atoms with Gasteiger partial charge in [-0.3, -0.25) is 4.79 Å². The summed E-state index contributed by atoms with van der Waals surface area (Å²) in [5, 5.41) is 0. The number of hydrogen-bond acceptors (Lipinski definition) is 7. The van der Waals surface area contributed by atoms with Crippen LogP contribution >= 0.6 is 11.9 Å². The third-order valence-corrected chi connectivity index (χ3v) is 3.73. The number of ether oxygens (including phenoxy) is 2. The topological polar surface area (TPSA) is 81.7 Å². The predicted octanol–water partition coefficient (Wildman–Crippen LogP) is 3.91. The lowest BCUT2D eigenvalue weighted by Gasteiger charge is -2.11. The van der Waals surface area contributed by atoms with Crippen LogP contribution in [0.15, 0.2) is 42.5 Å². The Morgan fingerprint density at radius 2 is 1.48 bits per heavy atom. The van der Waals surface area contributed by atoms with Crippen LogP contribution in [0.4, 0.5) is 13.2 Å². The summed E-state index contributed by atoms with van der Waals surface area (Å²) >= 11 is -0.495. The molecule has 10 heteroatoms. The van der Waals surface area contributed by atoms with Crippen molar-refractivity contribution in [1.29, 1.82) is 0 Å². The highest BCUT2D eigenvalue weighted by molar-refractivity contribution is 7.98. The number of carbonyl (C=O) groups is 3. The van der Waals surface area contributed by atoms with Crippen LogP contribution in [-0.2, 0) is 20.8 Å². The molecule has 0 saturated heterocycles. The van der Waals surface area contributed by atoms with Crippen LogP contribution < -0.4 is 14.2 Å². The van der Waals surface area contributed by atoms with Gasteiger partial charge < -0.3 is 9.47 Å². The van der Waals surface area contributed by atoms with Gasteiger partial charge in [0.2, 0.25) is 0 Å². The number of rotatable bonds is 10. The van der Waals surface area contributed by atoms with Crippen LogP contribution in [0.1, 0.15) is 25.8 Å². The molecule has 0 fully saturated rings. The molecule has 6 nitrogen and oxygen atoms in total. The molecule has 0 radical (unpaired) electrons. The molecule has 0 heterocycles. The van der Waals surface area contributed by atoms with E-state index in [1.54, 1.807) is 0 Å². The second kappa shape index (κ2) is 10.8. The normalized spacial score (nSPS) is 10.9. The zero-order valence-electron chi connectivity index (χ0n) is 15.9. The summed E-state index contributed by atoms with van der Waals surface area (Å²) in [5.74, 6) is -1.70. The third kappa shape index (κ3) is 9.95. The average Bonchev–Trinajstić information content (AvgIpc) is 2.58. The van der Waals surface area contributed by atoms with Crippen molar-refractivity contribution in [2.24, 2.45) is 0 Å². The second-order valence-electron chi connectivity index (χ2n) is 6.06. The monoisotopic (exact) mass is 431 g/mol. The summed E-state index contributed by atoms with van der Waals surface area (Å²) in [4.78, 5) is 35.2. The Labute approximate surface area is 170 Å². The number of halogens is 3. The fourth-order valence-electron chi connectivity index (χ4n) is 1.85. The summed E-state index contributed by atoms with van der Waals surface area (Å²) in [5.41, 5.74) is -3.69. The van der Waals surface area contributed by atoms with Gasteiger partial charge in [-0.05, 0) is 38.0 Å². The largest absolute Gasteiger partial charge is 0.456 e. The van der Waals surface area contributed by atoms with Gasteiger partial charge in [0.1, 0.15) is 17.3 Å². The van der Waals surface area contributed by atoms with Crippen molar-refractivity contribution in [1.82, 2.24) is 4.72 Å². The minimum absolute atomic E-state index is 0.0678. The van der Waals surface area contributed by atoms with E-state index in [2.05, 4.69) is 13.2 Å². The van der Waals surface area contributed by atoms with E-state index in [0.717, 1.165) is 0 Å². The molecule has 0 aliphatic heterocycles. The molecule has 0 aliphatic carbocycles. The number of nitrogens with one attached hydrogen (secondary N) is 1. The number of benzene rings is 1. The van der Waals surface area contributed by atoms with Gasteiger partial charge in [-0.15, -0.1) is 0 Å². The van der Waals surface area contributed by atoms with Crippen molar-refractivity contribution in [2.45, 2.75) is 32.2 Å². The Morgan fingerprint density at radius 3 is 1.90 bits per heavy atom. The van der Waals surface area contributed by atoms with Gasteiger partial charge in [-0.2, -0.15) is 13.2 Å². The lowest BCUT2D eigenvalue weighted by molar-refractivity contribution is -0.130. The molecule has 0 atom stereocenters. The summed E-state index contributed by atoms with van der Waals surface area (Å²) in [6.45, 7) is 9.38. The van der Waals surface area contributed by atoms with Gasteiger partial charge in [0.15, 0.2) is 0 Å². The molecular weight excluding hydrogens is 411 g/mol. The first-order valence-electron chi connectivity index (χ1n) is 8.26. The lowest BCUT2D eigenvalue weighted by Crippen LogP contribution is -2.21. The number of Topliss-reactive ketones (excluding diaryl/α,β-unsaturated/α-hetero) is 1. The molecule has 0 aromatic heterocycles. The molecule has 0 amide bonds. The van der Waals surface area contributed by atoms with E-state index in [0.29, 0.717) is 5.56 Å². The SMILES string of the molecule is C=C(C)C(=O)Oc1cc(CCC(=O)CNSC(F)(F)F)cc(OC(=O)C(=C)C)c1. The maximum atomic E-state index is 12.1. The van der Waals surface area contributed by atoms with Crippen LogP contribution in [-0.4, -0.2) is 29.8 Å². The van der Waals surface area contributed by atoms with Crippen molar-refractivity contribution in [2.75, 3.05) is 6.54 Å².